The van der Waals surface area contributed by atoms with Gasteiger partial charge in [-0.1, -0.05) is 18.2 Å². The number of benzene rings is 1. The van der Waals surface area contributed by atoms with Gasteiger partial charge in [-0.15, -0.1) is 0 Å². The Hall–Kier alpha value is -5.78. The molecule has 0 aliphatic carbocycles. The average molecular weight is 1070 g/mol. The minimum absolute atomic E-state index is 0.0139. The van der Waals surface area contributed by atoms with E-state index in [1.807, 2.05) is 14.9 Å². The van der Waals surface area contributed by atoms with Gasteiger partial charge in [0, 0.05) is 26.2 Å². The normalized spacial score (nSPS) is 28.3. The van der Waals surface area contributed by atoms with Crippen LogP contribution in [0.5, 0.6) is 5.75 Å². The lowest BCUT2D eigenvalue weighted by Crippen LogP contribution is -2.41. The monoisotopic (exact) mass is 1070 g/mol. The number of rotatable bonds is 18. The zero-order valence-corrected chi connectivity index (χ0v) is 41.8. The van der Waals surface area contributed by atoms with Crippen molar-refractivity contribution >= 4 is 73.3 Å². The molecule has 8 heterocycles. The molecular weight excluding hydrogens is 1010 g/mol. The number of methoxy groups -OCH3 is 1. The van der Waals surface area contributed by atoms with Crippen molar-refractivity contribution in [2.45, 2.75) is 101 Å². The van der Waals surface area contributed by atoms with Crippen molar-refractivity contribution in [2.75, 3.05) is 67.8 Å². The quantitative estimate of drug-likeness (QED) is 0.0457. The van der Waals surface area contributed by atoms with Gasteiger partial charge in [0.1, 0.15) is 42.2 Å². The Kier molecular flexibility index (Phi) is 15.3. The third-order valence-electron chi connectivity index (χ3n) is 12.5. The van der Waals surface area contributed by atoms with Gasteiger partial charge in [0.25, 0.3) is 0 Å². The number of hydrogen-bond acceptors (Lipinski definition) is 22. The second-order valence-corrected chi connectivity index (χ2v) is 21.2. The van der Waals surface area contributed by atoms with E-state index in [4.69, 9.17) is 39.6 Å². The maximum absolute atomic E-state index is 16.0. The number of aliphatic hydroxyl groups is 2. The maximum atomic E-state index is 16.0. The molecule has 4 saturated heterocycles. The van der Waals surface area contributed by atoms with E-state index < -0.39 is 101 Å². The molecule has 0 saturated carbocycles. The molecule has 0 bridgehead atoms. The Morgan fingerprint density at radius 1 is 0.795 bits per heavy atom. The lowest BCUT2D eigenvalue weighted by Gasteiger charge is -2.32. The highest BCUT2D eigenvalue weighted by Crippen LogP contribution is 2.49. The zero-order valence-electron chi connectivity index (χ0n) is 40.0. The van der Waals surface area contributed by atoms with Crippen molar-refractivity contribution in [2.24, 2.45) is 0 Å². The lowest BCUT2D eigenvalue weighted by molar-refractivity contribution is -0.142. The number of aliphatic hydroxyl groups excluding tert-OH is 2. The summed E-state index contributed by atoms with van der Waals surface area (Å²) in [5.74, 6) is -0.883. The van der Waals surface area contributed by atoms with Gasteiger partial charge >= 0.3 is 27.4 Å². The van der Waals surface area contributed by atoms with Crippen LogP contribution in [0.4, 0.5) is 32.3 Å². The number of nitrogens with two attached hydrogens (primary N) is 2. The van der Waals surface area contributed by atoms with Gasteiger partial charge in [-0.25, -0.2) is 33.0 Å². The van der Waals surface area contributed by atoms with Crippen molar-refractivity contribution in [3.63, 3.8) is 0 Å². The number of imidazole rings is 2. The number of halogens is 2. The van der Waals surface area contributed by atoms with Gasteiger partial charge in [-0.05, 0) is 52.7 Å². The Balaban J connectivity index is 0.000000199. The molecule has 4 aliphatic heterocycles. The van der Waals surface area contributed by atoms with Crippen LogP contribution in [0.15, 0.2) is 43.0 Å². The molecule has 10 N–H and O–H groups in total. The number of para-hydroxylation sites is 1. The van der Waals surface area contributed by atoms with Gasteiger partial charge in [0.15, 0.2) is 57.8 Å². The summed E-state index contributed by atoms with van der Waals surface area (Å²) in [6, 6.07) is 5.69. The van der Waals surface area contributed by atoms with Gasteiger partial charge in [-0.2, -0.15) is 25.0 Å². The number of anilines is 4. The second-order valence-electron chi connectivity index (χ2n) is 18.0. The van der Waals surface area contributed by atoms with Crippen LogP contribution in [-0.2, 0) is 42.0 Å². The number of carboxylic acids is 1. The average Bonchev–Trinajstić information content (AvgIpc) is 4.02. The Labute approximate surface area is 414 Å². The SMILES string of the molecule is COC(=O)[C@H](C)NP(=O)(OC[C@H]1O[C@@H](n2cnc3c(N4CCC4)nc(N)nc32)[C@](C)(F)[C@@H]1O)Oc1ccccc1.C[C@H](NP(=O)(O)OC[C@H]1O[C@@H](n2cnc3c(N4CCC4)nc(N)nc32)[C@](C)(F)[C@@H]1O)C(=O)O. The maximum Gasteiger partial charge on any atom is 0.459 e. The summed E-state index contributed by atoms with van der Waals surface area (Å²) in [7, 11) is -7.64. The number of nitrogen functional groups attached to an aromatic ring is 2. The number of alkyl halides is 2. The Morgan fingerprint density at radius 3 is 1.68 bits per heavy atom. The molecule has 28 nitrogen and oxygen atoms in total. The summed E-state index contributed by atoms with van der Waals surface area (Å²) in [5, 5.41) is 34.7. The summed E-state index contributed by atoms with van der Waals surface area (Å²) in [6.45, 7) is 6.72. The largest absolute Gasteiger partial charge is 0.480 e. The number of esters is 1. The first-order chi connectivity index (χ1) is 34.4. The third kappa shape index (κ3) is 11.0. The molecule has 4 aromatic heterocycles. The van der Waals surface area contributed by atoms with Gasteiger partial charge < -0.3 is 60.2 Å². The van der Waals surface area contributed by atoms with Crippen molar-refractivity contribution in [3.8, 4) is 5.75 Å². The predicted octanol–water partition coefficient (Wildman–Crippen LogP) is 1.74. The first kappa shape index (κ1) is 53.5. The van der Waals surface area contributed by atoms with E-state index in [2.05, 4.69) is 39.7 Å². The molecule has 5 aromatic rings. The summed E-state index contributed by atoms with van der Waals surface area (Å²) in [6.07, 6.45) is -4.23. The van der Waals surface area contributed by atoms with Crippen LogP contribution in [0.25, 0.3) is 22.3 Å². The van der Waals surface area contributed by atoms with Crippen LogP contribution in [0.3, 0.4) is 0 Å². The number of carbonyl (C=O) groups is 2. The van der Waals surface area contributed by atoms with Crippen LogP contribution >= 0.6 is 15.5 Å². The molecule has 0 spiro atoms. The number of carbonyl (C=O) groups excluding carboxylic acids is 1. The number of aliphatic carboxylic acids is 1. The first-order valence-electron chi connectivity index (χ1n) is 22.8. The molecule has 73 heavy (non-hydrogen) atoms. The number of carboxylic acid groups (broad SMARTS) is 1. The number of hydrogen-bond donors (Lipinski definition) is 8. The van der Waals surface area contributed by atoms with Gasteiger partial charge in [0.2, 0.25) is 11.9 Å². The zero-order chi connectivity index (χ0) is 52.8. The summed E-state index contributed by atoms with van der Waals surface area (Å²) in [5.41, 5.74) is 8.35. The van der Waals surface area contributed by atoms with Crippen molar-refractivity contribution in [3.05, 3.63) is 43.0 Å². The lowest BCUT2D eigenvalue weighted by atomic mass is 9.98. The third-order valence-corrected chi connectivity index (χ3v) is 15.4. The molecular formula is C41H56F2N14O14P2. The molecule has 0 amide bonds. The molecule has 4 fully saturated rings. The molecule has 1 aromatic carbocycles. The standard InChI is InChI=1S/C24H31FN7O7P.C17H25FN7O7P/c1-14(21(34)36-3)30-40(35,39-15-8-5-4-6-9-15)37-12-16-18(33)24(2,25)22(38-16)32-13-27-17-19(31-10-7-11-31)28-23(26)29-20(17)32;1-8(14(27)28)23-33(29,30)31-6-9-11(26)17(2,18)15(32-9)25-7-20-10-12(24-4-3-5-24)21-16(19)22-13(10)25/h4-6,8-9,13-14,16,18,22,33H,7,10-12H2,1-3H3,(H,30,35)(H2,26,28,29);7-9,11,15,26H,3-6H2,1-2H3,(H,27,28)(H2,19,21,22)(H2,23,29,30)/t14-,16+,18+,22+,24+,40?;8-,9+,11+,15+,17+/m00/s1. The minimum atomic E-state index is -4.57. The Morgan fingerprint density at radius 2 is 1.26 bits per heavy atom. The van der Waals surface area contributed by atoms with E-state index in [0.717, 1.165) is 52.9 Å². The highest BCUT2D eigenvalue weighted by molar-refractivity contribution is 7.52. The second kappa shape index (κ2) is 20.9. The molecule has 9 rings (SSSR count). The molecule has 2 unspecified atom stereocenters. The molecule has 0 radical (unpaired) electrons. The first-order valence-corrected chi connectivity index (χ1v) is 25.9. The number of aromatic nitrogens is 8. The molecule has 12 atom stereocenters. The van der Waals surface area contributed by atoms with E-state index >= 15 is 8.78 Å². The number of ether oxygens (including phenoxy) is 3. The van der Waals surface area contributed by atoms with E-state index in [-0.39, 0.29) is 28.9 Å². The fourth-order valence-electron chi connectivity index (χ4n) is 8.24. The topological polar surface area (TPSA) is 374 Å². The fraction of sp³-hybridized carbons (Fsp3) is 0.561. The smallest absolute Gasteiger partial charge is 0.459 e. The van der Waals surface area contributed by atoms with E-state index in [9.17, 15) is 33.8 Å². The van der Waals surface area contributed by atoms with Crippen molar-refractivity contribution in [1.29, 1.82) is 0 Å². The molecule has 4 aliphatic rings. The van der Waals surface area contributed by atoms with Crippen LogP contribution in [0, 0.1) is 0 Å². The fourth-order valence-corrected chi connectivity index (χ4v) is 10.8. The van der Waals surface area contributed by atoms with E-state index in [0.29, 0.717) is 22.7 Å². The highest BCUT2D eigenvalue weighted by atomic mass is 31.2. The van der Waals surface area contributed by atoms with Gasteiger partial charge in [0.05, 0.1) is 33.0 Å². The van der Waals surface area contributed by atoms with Crippen LogP contribution in [0.1, 0.15) is 53.0 Å². The van der Waals surface area contributed by atoms with Crippen LogP contribution < -0.4 is 36.0 Å². The number of fused-ring (bicyclic) bond motifs is 2. The van der Waals surface area contributed by atoms with E-state index in [1.54, 1.807) is 30.3 Å². The van der Waals surface area contributed by atoms with Crippen molar-refractivity contribution in [1.82, 2.24) is 49.2 Å². The van der Waals surface area contributed by atoms with Crippen LogP contribution in [-0.4, -0.2) is 166 Å². The molecule has 32 heteroatoms. The van der Waals surface area contributed by atoms with Gasteiger partial charge in [-0.3, -0.25) is 27.8 Å². The summed E-state index contributed by atoms with van der Waals surface area (Å²) < 4.78 is 92.2. The van der Waals surface area contributed by atoms with Crippen molar-refractivity contribution < 1.29 is 75.5 Å². The highest BCUT2D eigenvalue weighted by Gasteiger charge is 2.57. The summed E-state index contributed by atoms with van der Waals surface area (Å²) >= 11 is 0. The predicted molar refractivity (Wildman–Crippen MR) is 253 cm³/mol. The summed E-state index contributed by atoms with van der Waals surface area (Å²) in [4.78, 5) is 62.2. The van der Waals surface area contributed by atoms with Crippen LogP contribution in [0.2, 0.25) is 0 Å². The Bertz CT molecular complexity index is 2910. The van der Waals surface area contributed by atoms with E-state index in [1.165, 1.54) is 42.7 Å². The number of nitrogens with one attached hydrogen (secondary N) is 2. The molecule has 398 valence electrons. The minimum Gasteiger partial charge on any atom is -0.480 e. The number of nitrogens with zero attached hydrogens (tertiary/aromatic N) is 10.